The van der Waals surface area contributed by atoms with Crippen LogP contribution in [0.3, 0.4) is 0 Å². The molecule has 176 valence electrons. The van der Waals surface area contributed by atoms with Gasteiger partial charge in [-0.15, -0.1) is 6.58 Å². The summed E-state index contributed by atoms with van der Waals surface area (Å²) in [6.45, 7) is 9.07. The van der Waals surface area contributed by atoms with Crippen molar-refractivity contribution in [3.05, 3.63) is 77.4 Å². The number of sulfonamides is 1. The Morgan fingerprint density at radius 2 is 1.88 bits per heavy atom. The molecule has 34 heavy (non-hydrogen) atoms. The maximum atomic E-state index is 13.2. The predicted molar refractivity (Wildman–Crippen MR) is 129 cm³/mol. The quantitative estimate of drug-likeness (QED) is 0.361. The number of fused-ring (bicyclic) bond motifs is 1. The van der Waals surface area contributed by atoms with Gasteiger partial charge in [-0.25, -0.2) is 18.1 Å². The minimum Gasteiger partial charge on any atom is -0.466 e. The molecule has 2 N–H and O–H groups in total. The summed E-state index contributed by atoms with van der Waals surface area (Å²) >= 11 is 0. The van der Waals surface area contributed by atoms with Gasteiger partial charge in [-0.3, -0.25) is 4.79 Å². The van der Waals surface area contributed by atoms with Crippen LogP contribution in [0.4, 0.5) is 5.69 Å². The van der Waals surface area contributed by atoms with Crippen LogP contribution in [-0.4, -0.2) is 31.0 Å². The summed E-state index contributed by atoms with van der Waals surface area (Å²) in [7, 11) is -3.47. The highest BCUT2D eigenvalue weighted by molar-refractivity contribution is 7.88. The Morgan fingerprint density at radius 3 is 2.53 bits per heavy atom. The molecular weight excluding hydrogens is 456 g/mol. The number of nitrogens with zero attached hydrogens (tertiary/aromatic N) is 2. The molecule has 9 nitrogen and oxygen atoms in total. The van der Waals surface area contributed by atoms with Gasteiger partial charge in [0.2, 0.25) is 10.0 Å². The Morgan fingerprint density at radius 1 is 1.15 bits per heavy atom. The number of carbonyl (C=O) groups is 1. The molecule has 4 aromatic rings. The third-order valence-corrected chi connectivity index (χ3v) is 6.51. The second-order valence-corrected chi connectivity index (χ2v) is 9.68. The molecule has 0 saturated carbocycles. The summed E-state index contributed by atoms with van der Waals surface area (Å²) in [5, 5.41) is 7.34. The van der Waals surface area contributed by atoms with Crippen LogP contribution >= 0.6 is 0 Å². The Kier molecular flexibility index (Phi) is 6.36. The summed E-state index contributed by atoms with van der Waals surface area (Å²) < 4.78 is 37.5. The molecule has 0 radical (unpaired) electrons. The van der Waals surface area contributed by atoms with Crippen molar-refractivity contribution in [2.45, 2.75) is 26.5 Å². The van der Waals surface area contributed by atoms with Crippen molar-refractivity contribution in [2.24, 2.45) is 0 Å². The number of amides is 1. The lowest BCUT2D eigenvalue weighted by Crippen LogP contribution is -2.25. The third kappa shape index (κ3) is 4.92. The number of aryl methyl sites for hydroxylation is 3. The first-order valence-electron chi connectivity index (χ1n) is 10.5. The van der Waals surface area contributed by atoms with Gasteiger partial charge in [-0.1, -0.05) is 23.4 Å². The first-order chi connectivity index (χ1) is 16.2. The summed E-state index contributed by atoms with van der Waals surface area (Å²) in [5.41, 5.74) is 3.56. The molecule has 0 aliphatic heterocycles. The van der Waals surface area contributed by atoms with Gasteiger partial charge in [-0.05, 0) is 50.6 Å². The molecule has 0 spiro atoms. The zero-order valence-electron chi connectivity index (χ0n) is 19.0. The molecule has 3 aromatic heterocycles. The number of pyridine rings is 1. The van der Waals surface area contributed by atoms with Crippen molar-refractivity contribution < 1.29 is 22.2 Å². The Bertz CT molecular complexity index is 1480. The molecule has 1 aromatic carbocycles. The van der Waals surface area contributed by atoms with Crippen LogP contribution in [0.1, 0.15) is 33.1 Å². The summed E-state index contributed by atoms with van der Waals surface area (Å²) in [6, 6.07) is 10.1. The second kappa shape index (κ2) is 9.24. The van der Waals surface area contributed by atoms with Crippen LogP contribution < -0.4 is 10.0 Å². The lowest BCUT2D eigenvalue weighted by atomic mass is 10.1. The number of furan rings is 1. The van der Waals surface area contributed by atoms with Gasteiger partial charge in [0.15, 0.2) is 0 Å². The van der Waals surface area contributed by atoms with Crippen LogP contribution in [0.2, 0.25) is 0 Å². The van der Waals surface area contributed by atoms with Gasteiger partial charge in [-0.2, -0.15) is 0 Å². The van der Waals surface area contributed by atoms with E-state index in [0.29, 0.717) is 39.3 Å². The summed E-state index contributed by atoms with van der Waals surface area (Å²) in [6.07, 6.45) is 1.48. The number of benzene rings is 1. The molecule has 10 heteroatoms. The molecule has 0 saturated heterocycles. The maximum absolute atomic E-state index is 13.2. The SMILES string of the molecule is C=CCNS(=O)(=O)Cc1ccc(NC(=O)c2cc(-c3cc(C)oc3C)nc3onc(C)c23)cc1. The van der Waals surface area contributed by atoms with Crippen molar-refractivity contribution in [1.29, 1.82) is 0 Å². The maximum Gasteiger partial charge on any atom is 0.259 e. The van der Waals surface area contributed by atoms with E-state index in [4.69, 9.17) is 8.94 Å². The van der Waals surface area contributed by atoms with Crippen molar-refractivity contribution in [2.75, 3.05) is 11.9 Å². The molecule has 0 atom stereocenters. The largest absolute Gasteiger partial charge is 0.466 e. The van der Waals surface area contributed by atoms with E-state index >= 15 is 0 Å². The lowest BCUT2D eigenvalue weighted by molar-refractivity contribution is 0.102. The minimum atomic E-state index is -3.47. The van der Waals surface area contributed by atoms with Crippen LogP contribution in [0.25, 0.3) is 22.4 Å². The molecule has 0 unspecified atom stereocenters. The smallest absolute Gasteiger partial charge is 0.259 e. The fourth-order valence-corrected chi connectivity index (χ4v) is 4.74. The minimum absolute atomic E-state index is 0.166. The van der Waals surface area contributed by atoms with E-state index in [1.165, 1.54) is 6.08 Å². The van der Waals surface area contributed by atoms with Gasteiger partial charge in [0.1, 0.15) is 11.5 Å². The van der Waals surface area contributed by atoms with E-state index < -0.39 is 10.0 Å². The first kappa shape index (κ1) is 23.4. The molecule has 0 aliphatic carbocycles. The van der Waals surface area contributed by atoms with Gasteiger partial charge >= 0.3 is 0 Å². The van der Waals surface area contributed by atoms with Crippen molar-refractivity contribution in [3.63, 3.8) is 0 Å². The number of aromatic nitrogens is 2. The summed E-state index contributed by atoms with van der Waals surface area (Å²) in [4.78, 5) is 17.8. The van der Waals surface area contributed by atoms with Crippen LogP contribution in [-0.2, 0) is 15.8 Å². The molecule has 3 heterocycles. The van der Waals surface area contributed by atoms with Crippen molar-refractivity contribution >= 4 is 32.7 Å². The molecule has 0 aliphatic rings. The highest BCUT2D eigenvalue weighted by atomic mass is 32.2. The van der Waals surface area contributed by atoms with E-state index in [0.717, 1.165) is 11.3 Å². The zero-order valence-corrected chi connectivity index (χ0v) is 19.8. The molecule has 0 fully saturated rings. The van der Waals surface area contributed by atoms with Crippen LogP contribution in [0.15, 0.2) is 58.0 Å². The van der Waals surface area contributed by atoms with E-state index in [1.54, 1.807) is 37.3 Å². The van der Waals surface area contributed by atoms with E-state index in [9.17, 15) is 13.2 Å². The average molecular weight is 481 g/mol. The number of anilines is 1. The fraction of sp³-hybridized carbons (Fsp3) is 0.208. The lowest BCUT2D eigenvalue weighted by Gasteiger charge is -2.09. The highest BCUT2D eigenvalue weighted by Gasteiger charge is 2.21. The molecule has 0 bridgehead atoms. The Balaban J connectivity index is 1.61. The number of hydrogen-bond donors (Lipinski definition) is 2. The second-order valence-electron chi connectivity index (χ2n) is 7.88. The Labute approximate surface area is 196 Å². The number of carbonyl (C=O) groups excluding carboxylic acids is 1. The molecule has 4 rings (SSSR count). The van der Waals surface area contributed by atoms with E-state index in [2.05, 4.69) is 26.8 Å². The Hall–Kier alpha value is -3.76. The summed E-state index contributed by atoms with van der Waals surface area (Å²) in [5.74, 6) is 0.870. The standard InChI is InChI=1S/C24H24N4O5S/c1-5-10-25-34(30,31)13-17-6-8-18(9-7-17)26-23(29)20-12-21(19-11-14(2)32-16(19)4)27-24-22(20)15(3)28-33-24/h5-9,11-12,25H,1,10,13H2,2-4H3,(H,26,29). The molecule has 1 amide bonds. The van der Waals surface area contributed by atoms with Gasteiger partial charge in [0.25, 0.3) is 11.6 Å². The third-order valence-electron chi connectivity index (χ3n) is 5.19. The van der Waals surface area contributed by atoms with E-state index in [1.807, 2.05) is 19.9 Å². The first-order valence-corrected chi connectivity index (χ1v) is 12.1. The van der Waals surface area contributed by atoms with Gasteiger partial charge in [0, 0.05) is 17.8 Å². The zero-order chi connectivity index (χ0) is 24.5. The number of rotatable bonds is 8. The fourth-order valence-electron chi connectivity index (χ4n) is 3.64. The van der Waals surface area contributed by atoms with E-state index in [-0.39, 0.29) is 23.9 Å². The normalized spacial score (nSPS) is 11.6. The van der Waals surface area contributed by atoms with Gasteiger partial charge < -0.3 is 14.3 Å². The van der Waals surface area contributed by atoms with Crippen molar-refractivity contribution in [3.8, 4) is 11.3 Å². The van der Waals surface area contributed by atoms with Crippen LogP contribution in [0, 0.1) is 20.8 Å². The monoisotopic (exact) mass is 480 g/mol. The van der Waals surface area contributed by atoms with Crippen molar-refractivity contribution in [1.82, 2.24) is 14.9 Å². The average Bonchev–Trinajstić information content (AvgIpc) is 3.34. The topological polar surface area (TPSA) is 127 Å². The highest BCUT2D eigenvalue weighted by Crippen LogP contribution is 2.31. The number of nitrogens with one attached hydrogen (secondary N) is 2. The van der Waals surface area contributed by atoms with Gasteiger partial charge in [0.05, 0.1) is 28.1 Å². The predicted octanol–water partition coefficient (Wildman–Crippen LogP) is 4.27. The number of hydrogen-bond acceptors (Lipinski definition) is 7. The van der Waals surface area contributed by atoms with Crippen LogP contribution in [0.5, 0.6) is 0 Å². The molecular formula is C24H24N4O5S.